The average molecular weight is 401 g/mol. The number of anilines is 2. The van der Waals surface area contributed by atoms with Crippen LogP contribution in [0.2, 0.25) is 0 Å². The molecule has 0 N–H and O–H groups in total. The van der Waals surface area contributed by atoms with Gasteiger partial charge < -0.3 is 0 Å². The summed E-state index contributed by atoms with van der Waals surface area (Å²) in [5, 5.41) is 11.5. The smallest absolute Gasteiger partial charge is 0.269 e. The number of hydrogen-bond acceptors (Lipinski definition) is 5. The molecule has 142 valence electrons. The molecular formula is C22H15N3O3S. The Hall–Kier alpha value is -3.84. The highest BCUT2D eigenvalue weighted by Gasteiger charge is 2.19. The monoisotopic (exact) mass is 401 g/mol. The summed E-state index contributed by atoms with van der Waals surface area (Å²) >= 11 is 1.43. The second-order valence-corrected chi connectivity index (χ2v) is 7.17. The van der Waals surface area contributed by atoms with Crippen LogP contribution in [0, 0.1) is 10.1 Å². The molecule has 0 aliphatic rings. The molecule has 1 aromatic heterocycles. The summed E-state index contributed by atoms with van der Waals surface area (Å²) in [5.74, 6) is -0.290. The van der Waals surface area contributed by atoms with Gasteiger partial charge in [-0.1, -0.05) is 53.8 Å². The number of thiazole rings is 1. The fraction of sp³-hybridized carbons (Fsp3) is 0. The number of amides is 1. The van der Waals surface area contributed by atoms with E-state index in [1.54, 1.807) is 23.1 Å². The number of benzene rings is 3. The molecule has 3 aromatic carbocycles. The van der Waals surface area contributed by atoms with Crippen molar-refractivity contribution in [3.8, 4) is 0 Å². The highest BCUT2D eigenvalue weighted by Crippen LogP contribution is 2.33. The van der Waals surface area contributed by atoms with Crippen molar-refractivity contribution in [2.45, 2.75) is 0 Å². The summed E-state index contributed by atoms with van der Waals surface area (Å²) in [6.07, 6.45) is 2.97. The Morgan fingerprint density at radius 3 is 2.52 bits per heavy atom. The lowest BCUT2D eigenvalue weighted by Crippen LogP contribution is -2.23. The lowest BCUT2D eigenvalue weighted by Gasteiger charge is -2.18. The van der Waals surface area contributed by atoms with Crippen molar-refractivity contribution in [2.75, 3.05) is 4.90 Å². The Balaban J connectivity index is 1.70. The van der Waals surface area contributed by atoms with E-state index in [1.165, 1.54) is 29.5 Å². The van der Waals surface area contributed by atoms with Crippen molar-refractivity contribution in [1.29, 1.82) is 0 Å². The van der Waals surface area contributed by atoms with Crippen molar-refractivity contribution in [1.82, 2.24) is 4.98 Å². The van der Waals surface area contributed by atoms with Gasteiger partial charge in [0, 0.05) is 18.2 Å². The summed E-state index contributed by atoms with van der Waals surface area (Å²) in [6, 6.07) is 23.1. The maximum atomic E-state index is 13.1. The zero-order valence-corrected chi connectivity index (χ0v) is 16.0. The van der Waals surface area contributed by atoms with Crippen LogP contribution in [0.1, 0.15) is 5.56 Å². The molecule has 0 aliphatic heterocycles. The molecule has 6 nitrogen and oxygen atoms in total. The summed E-state index contributed by atoms with van der Waals surface area (Å²) < 4.78 is 0.985. The zero-order chi connectivity index (χ0) is 20.2. The van der Waals surface area contributed by atoms with Gasteiger partial charge in [-0.05, 0) is 35.9 Å². The van der Waals surface area contributed by atoms with Gasteiger partial charge in [-0.2, -0.15) is 0 Å². The largest absolute Gasteiger partial charge is 0.270 e. The summed E-state index contributed by atoms with van der Waals surface area (Å²) in [6.45, 7) is 0. The van der Waals surface area contributed by atoms with Crippen LogP contribution in [0.4, 0.5) is 16.5 Å². The van der Waals surface area contributed by atoms with E-state index in [1.807, 2.05) is 54.6 Å². The van der Waals surface area contributed by atoms with Crippen LogP contribution in [-0.4, -0.2) is 15.8 Å². The quantitative estimate of drug-likeness (QED) is 0.248. The maximum absolute atomic E-state index is 13.1. The van der Waals surface area contributed by atoms with Crippen LogP contribution in [-0.2, 0) is 4.79 Å². The molecule has 4 rings (SSSR count). The van der Waals surface area contributed by atoms with Gasteiger partial charge in [0.1, 0.15) is 0 Å². The number of carbonyl (C=O) groups excluding carboxylic acids is 1. The van der Waals surface area contributed by atoms with Gasteiger partial charge in [0.25, 0.3) is 11.6 Å². The second kappa shape index (κ2) is 8.04. The van der Waals surface area contributed by atoms with Crippen molar-refractivity contribution in [3.05, 3.63) is 101 Å². The topological polar surface area (TPSA) is 76.3 Å². The zero-order valence-electron chi connectivity index (χ0n) is 15.1. The van der Waals surface area contributed by atoms with E-state index in [9.17, 15) is 14.9 Å². The Morgan fingerprint density at radius 2 is 1.76 bits per heavy atom. The number of carbonyl (C=O) groups is 1. The van der Waals surface area contributed by atoms with Crippen LogP contribution in [0.3, 0.4) is 0 Å². The minimum atomic E-state index is -0.462. The van der Waals surface area contributed by atoms with Gasteiger partial charge in [-0.15, -0.1) is 0 Å². The number of hydrogen-bond donors (Lipinski definition) is 0. The molecule has 4 aromatic rings. The SMILES string of the molecule is O=C(/C=C/c1cccc([N+](=O)[O-])c1)N(c1ccccc1)c1nc2ccccc2s1. The van der Waals surface area contributed by atoms with Gasteiger partial charge in [0.15, 0.2) is 5.13 Å². The molecule has 0 unspecified atom stereocenters. The highest BCUT2D eigenvalue weighted by atomic mass is 32.1. The normalized spacial score (nSPS) is 11.0. The number of para-hydroxylation sites is 2. The van der Waals surface area contributed by atoms with Gasteiger partial charge in [0.05, 0.1) is 20.8 Å². The number of non-ortho nitro benzene ring substituents is 1. The summed E-state index contributed by atoms with van der Waals surface area (Å²) in [4.78, 5) is 29.7. The van der Waals surface area contributed by atoms with Gasteiger partial charge >= 0.3 is 0 Å². The number of nitro benzene ring substituents is 1. The molecule has 0 saturated carbocycles. The molecule has 7 heteroatoms. The van der Waals surface area contributed by atoms with Crippen molar-refractivity contribution >= 4 is 50.0 Å². The first kappa shape index (κ1) is 18.5. The third kappa shape index (κ3) is 4.04. The maximum Gasteiger partial charge on any atom is 0.270 e. The number of aromatic nitrogens is 1. The van der Waals surface area contributed by atoms with E-state index < -0.39 is 4.92 Å². The average Bonchev–Trinajstić information content (AvgIpc) is 3.17. The standard InChI is InChI=1S/C22H15N3O3S/c26-21(14-13-16-7-6-10-18(15-16)25(27)28)24(17-8-2-1-3-9-17)22-23-19-11-4-5-12-20(19)29-22/h1-15H/b14-13+. The minimum Gasteiger partial charge on any atom is -0.269 e. The molecule has 0 radical (unpaired) electrons. The molecule has 0 bridgehead atoms. The molecular weight excluding hydrogens is 386 g/mol. The van der Waals surface area contributed by atoms with Crippen LogP contribution >= 0.6 is 11.3 Å². The minimum absolute atomic E-state index is 0.0225. The van der Waals surface area contributed by atoms with E-state index in [-0.39, 0.29) is 11.6 Å². The van der Waals surface area contributed by atoms with Crippen molar-refractivity contribution in [3.63, 3.8) is 0 Å². The first-order chi connectivity index (χ1) is 14.1. The van der Waals surface area contributed by atoms with Crippen LogP contribution < -0.4 is 4.90 Å². The Morgan fingerprint density at radius 1 is 1.00 bits per heavy atom. The summed E-state index contributed by atoms with van der Waals surface area (Å²) in [7, 11) is 0. The predicted molar refractivity (Wildman–Crippen MR) is 115 cm³/mol. The number of nitrogens with zero attached hydrogens (tertiary/aromatic N) is 3. The fourth-order valence-electron chi connectivity index (χ4n) is 2.85. The van der Waals surface area contributed by atoms with Gasteiger partial charge in [-0.25, -0.2) is 4.98 Å². The lowest BCUT2D eigenvalue weighted by atomic mass is 10.2. The summed E-state index contributed by atoms with van der Waals surface area (Å²) in [5.41, 5.74) is 2.07. The second-order valence-electron chi connectivity index (χ2n) is 6.16. The van der Waals surface area contributed by atoms with E-state index in [0.29, 0.717) is 16.4 Å². The molecule has 1 amide bonds. The fourth-order valence-corrected chi connectivity index (χ4v) is 3.84. The Bertz CT molecular complexity index is 1190. The van der Waals surface area contributed by atoms with Gasteiger partial charge in [0.2, 0.25) is 0 Å². The van der Waals surface area contributed by atoms with Crippen molar-refractivity contribution in [2.24, 2.45) is 0 Å². The third-order valence-corrected chi connectivity index (χ3v) is 5.23. The van der Waals surface area contributed by atoms with E-state index in [2.05, 4.69) is 4.98 Å². The van der Waals surface area contributed by atoms with Crippen LogP contribution in [0.25, 0.3) is 16.3 Å². The first-order valence-electron chi connectivity index (χ1n) is 8.79. The molecule has 1 heterocycles. The van der Waals surface area contributed by atoms with E-state index >= 15 is 0 Å². The predicted octanol–water partition coefficient (Wildman–Crippen LogP) is 5.58. The Labute approximate surface area is 170 Å². The van der Waals surface area contributed by atoms with Gasteiger partial charge in [-0.3, -0.25) is 19.8 Å². The van der Waals surface area contributed by atoms with E-state index in [4.69, 9.17) is 0 Å². The Kier molecular flexibility index (Phi) is 5.13. The lowest BCUT2D eigenvalue weighted by molar-refractivity contribution is -0.384. The number of fused-ring (bicyclic) bond motifs is 1. The molecule has 0 aliphatic carbocycles. The van der Waals surface area contributed by atoms with Crippen molar-refractivity contribution < 1.29 is 9.72 Å². The van der Waals surface area contributed by atoms with Crippen LogP contribution in [0.5, 0.6) is 0 Å². The highest BCUT2D eigenvalue weighted by molar-refractivity contribution is 7.22. The molecule has 0 spiro atoms. The number of rotatable bonds is 5. The third-order valence-electron chi connectivity index (χ3n) is 4.21. The van der Waals surface area contributed by atoms with E-state index in [0.717, 1.165) is 10.2 Å². The molecule has 0 atom stereocenters. The molecule has 0 saturated heterocycles. The number of nitro groups is 1. The first-order valence-corrected chi connectivity index (χ1v) is 9.61. The molecule has 0 fully saturated rings. The van der Waals surface area contributed by atoms with Crippen LogP contribution in [0.15, 0.2) is 84.9 Å². The molecule has 29 heavy (non-hydrogen) atoms.